The maximum atomic E-state index is 13.8. The number of pyridine rings is 1. The quantitative estimate of drug-likeness (QED) is 0.556. The summed E-state index contributed by atoms with van der Waals surface area (Å²) in [7, 11) is 0. The topological polar surface area (TPSA) is 108 Å². The van der Waals surface area contributed by atoms with E-state index in [9.17, 15) is 32.3 Å². The molecule has 2 unspecified atom stereocenters. The van der Waals surface area contributed by atoms with Crippen molar-refractivity contribution in [3.63, 3.8) is 0 Å². The lowest BCUT2D eigenvalue weighted by molar-refractivity contribution is -0.155. The molecule has 1 fully saturated rings. The molecule has 2 N–H and O–H groups in total. The van der Waals surface area contributed by atoms with E-state index in [0.29, 0.717) is 5.69 Å². The molecule has 178 valence electrons. The molecular formula is C24H17F3N4O4. The molecule has 35 heavy (non-hydrogen) atoms. The molecule has 1 saturated heterocycles. The highest BCUT2D eigenvalue weighted by Crippen LogP contribution is 2.40. The number of hydrogen-bond donors (Lipinski definition) is 2. The van der Waals surface area contributed by atoms with Crippen molar-refractivity contribution in [1.29, 1.82) is 0 Å². The Hall–Kier alpha value is -4.28. The smallest absolute Gasteiger partial charge is 0.337 e. The van der Waals surface area contributed by atoms with Gasteiger partial charge in [-0.3, -0.25) is 34.4 Å². The van der Waals surface area contributed by atoms with Crippen molar-refractivity contribution in [3.8, 4) is 0 Å². The summed E-state index contributed by atoms with van der Waals surface area (Å²) in [6.45, 7) is 0. The first-order valence-electron chi connectivity index (χ1n) is 10.7. The second-order valence-electron chi connectivity index (χ2n) is 8.22. The Balaban J connectivity index is 1.54. The molecule has 8 nitrogen and oxygen atoms in total. The van der Waals surface area contributed by atoms with Gasteiger partial charge < -0.3 is 5.32 Å². The number of hydrogen-bond acceptors (Lipinski definition) is 5. The SMILES string of the molecule is O=C1CCC(N2C(=O)c3ccc(C(=O)NC(c4ccccc4)C(F)(F)F)c4nccc2c34)C(=O)N1. The molecule has 0 saturated carbocycles. The van der Waals surface area contributed by atoms with Crippen molar-refractivity contribution in [2.24, 2.45) is 0 Å². The van der Waals surface area contributed by atoms with Gasteiger partial charge in [-0.05, 0) is 30.2 Å². The van der Waals surface area contributed by atoms with Crippen LogP contribution >= 0.6 is 0 Å². The van der Waals surface area contributed by atoms with Crippen molar-refractivity contribution >= 4 is 40.2 Å². The fourth-order valence-corrected chi connectivity index (χ4v) is 4.50. The van der Waals surface area contributed by atoms with Crippen molar-refractivity contribution in [1.82, 2.24) is 15.6 Å². The van der Waals surface area contributed by atoms with Gasteiger partial charge >= 0.3 is 6.18 Å². The van der Waals surface area contributed by atoms with Crippen LogP contribution in [0.15, 0.2) is 54.7 Å². The number of nitrogens with one attached hydrogen (secondary N) is 2. The number of carbonyl (C=O) groups is 4. The third-order valence-electron chi connectivity index (χ3n) is 6.08. The van der Waals surface area contributed by atoms with Crippen LogP contribution in [-0.4, -0.2) is 40.8 Å². The minimum absolute atomic E-state index is 0.0367. The Labute approximate surface area is 196 Å². The Kier molecular flexibility index (Phi) is 5.27. The van der Waals surface area contributed by atoms with Crippen LogP contribution in [0.25, 0.3) is 10.9 Å². The molecule has 1 aromatic heterocycles. The summed E-state index contributed by atoms with van der Waals surface area (Å²) in [6.07, 6.45) is -3.27. The molecule has 0 radical (unpaired) electrons. The zero-order valence-corrected chi connectivity index (χ0v) is 17.9. The van der Waals surface area contributed by atoms with E-state index in [1.54, 1.807) is 6.07 Å². The van der Waals surface area contributed by atoms with Crippen LogP contribution in [0.3, 0.4) is 0 Å². The predicted octanol–water partition coefficient (Wildman–Crippen LogP) is 3.03. The summed E-state index contributed by atoms with van der Waals surface area (Å²) >= 11 is 0. The highest BCUT2D eigenvalue weighted by Gasteiger charge is 2.43. The summed E-state index contributed by atoms with van der Waals surface area (Å²) in [4.78, 5) is 55.6. The van der Waals surface area contributed by atoms with Crippen molar-refractivity contribution in [2.75, 3.05) is 4.90 Å². The van der Waals surface area contributed by atoms with Gasteiger partial charge in [0.25, 0.3) is 11.8 Å². The standard InChI is InChI=1S/C24H17F3N4O4/c25-24(26,27)20(12-4-2-1-3-5-12)30-21(33)14-7-6-13-18-15(10-11-28-19(14)18)31(23(13)35)16-8-9-17(32)29-22(16)34/h1-7,10-11,16,20H,8-9H2,(H,30,33)(H,29,32,34). The van der Waals surface area contributed by atoms with Crippen LogP contribution < -0.4 is 15.5 Å². The summed E-state index contributed by atoms with van der Waals surface area (Å²) < 4.78 is 41.3. The van der Waals surface area contributed by atoms with Gasteiger partial charge in [-0.2, -0.15) is 13.2 Å². The number of aromatic nitrogens is 1. The number of anilines is 1. The van der Waals surface area contributed by atoms with Crippen LogP contribution in [-0.2, 0) is 9.59 Å². The Morgan fingerprint density at radius 2 is 1.83 bits per heavy atom. The highest BCUT2D eigenvalue weighted by molar-refractivity contribution is 6.28. The molecule has 3 heterocycles. The number of rotatable bonds is 4. The van der Waals surface area contributed by atoms with Crippen molar-refractivity contribution in [3.05, 3.63) is 71.4 Å². The minimum atomic E-state index is -4.75. The van der Waals surface area contributed by atoms with Gasteiger partial charge in [0, 0.05) is 18.0 Å². The Morgan fingerprint density at radius 1 is 1.09 bits per heavy atom. The second kappa shape index (κ2) is 8.19. The molecule has 3 aromatic rings. The molecule has 2 aromatic carbocycles. The molecule has 11 heteroatoms. The summed E-state index contributed by atoms with van der Waals surface area (Å²) in [6, 6.07) is 7.86. The van der Waals surface area contributed by atoms with Crippen molar-refractivity contribution in [2.45, 2.75) is 31.1 Å². The van der Waals surface area contributed by atoms with Gasteiger partial charge in [0.1, 0.15) is 6.04 Å². The fourth-order valence-electron chi connectivity index (χ4n) is 4.50. The number of carbonyl (C=O) groups excluding carboxylic acids is 4. The van der Waals surface area contributed by atoms with Crippen LogP contribution in [0.1, 0.15) is 45.2 Å². The average Bonchev–Trinajstić information content (AvgIpc) is 3.10. The molecule has 4 amide bonds. The zero-order valence-electron chi connectivity index (χ0n) is 17.9. The average molecular weight is 482 g/mol. The van der Waals surface area contributed by atoms with Gasteiger partial charge in [-0.15, -0.1) is 0 Å². The third-order valence-corrected chi connectivity index (χ3v) is 6.08. The van der Waals surface area contributed by atoms with Crippen molar-refractivity contribution < 1.29 is 32.3 Å². The lowest BCUT2D eigenvalue weighted by Gasteiger charge is -2.30. The largest absolute Gasteiger partial charge is 0.412 e. The van der Waals surface area contributed by atoms with Gasteiger partial charge in [0.15, 0.2) is 6.04 Å². The molecule has 2 aliphatic heterocycles. The lowest BCUT2D eigenvalue weighted by Crippen LogP contribution is -2.53. The molecule has 0 aliphatic carbocycles. The van der Waals surface area contributed by atoms with Gasteiger partial charge in [0.05, 0.1) is 22.3 Å². The van der Waals surface area contributed by atoms with Gasteiger partial charge in [-0.1, -0.05) is 30.3 Å². The summed E-state index contributed by atoms with van der Waals surface area (Å²) in [5, 5.41) is 4.51. The molecule has 2 atom stereocenters. The normalized spacial score (nSPS) is 18.5. The monoisotopic (exact) mass is 482 g/mol. The van der Waals surface area contributed by atoms with E-state index >= 15 is 0 Å². The first-order valence-corrected chi connectivity index (χ1v) is 10.7. The van der Waals surface area contributed by atoms with Crippen LogP contribution in [0, 0.1) is 0 Å². The molecule has 2 aliphatic rings. The number of piperidine rings is 1. The van der Waals surface area contributed by atoms with Crippen LogP contribution in [0.4, 0.5) is 18.9 Å². The van der Waals surface area contributed by atoms with E-state index in [0.717, 1.165) is 0 Å². The Bertz CT molecular complexity index is 1390. The van der Waals surface area contributed by atoms with Crippen LogP contribution in [0.2, 0.25) is 0 Å². The maximum absolute atomic E-state index is 13.8. The zero-order chi connectivity index (χ0) is 24.9. The first-order chi connectivity index (χ1) is 16.7. The number of imide groups is 1. The number of nitrogens with zero attached hydrogens (tertiary/aromatic N) is 2. The van der Waals surface area contributed by atoms with Gasteiger partial charge in [0.2, 0.25) is 11.8 Å². The van der Waals surface area contributed by atoms with E-state index in [1.807, 2.05) is 5.32 Å². The lowest BCUT2D eigenvalue weighted by atomic mass is 10.0. The van der Waals surface area contributed by atoms with Gasteiger partial charge in [-0.25, -0.2) is 0 Å². The fraction of sp³-hybridized carbons (Fsp3) is 0.208. The molecule has 0 spiro atoms. The first kappa shape index (κ1) is 22.5. The van der Waals surface area contributed by atoms with E-state index in [2.05, 4.69) is 10.3 Å². The molecular weight excluding hydrogens is 465 g/mol. The van der Waals surface area contributed by atoms with E-state index < -0.39 is 41.9 Å². The summed E-state index contributed by atoms with van der Waals surface area (Å²) in [5.74, 6) is -2.59. The highest BCUT2D eigenvalue weighted by atomic mass is 19.4. The number of alkyl halides is 3. The van der Waals surface area contributed by atoms with E-state index in [4.69, 9.17) is 0 Å². The van der Waals surface area contributed by atoms with Crippen LogP contribution in [0.5, 0.6) is 0 Å². The molecule has 0 bridgehead atoms. The van der Waals surface area contributed by atoms with E-state index in [1.165, 1.54) is 53.6 Å². The number of benzene rings is 2. The maximum Gasteiger partial charge on any atom is 0.412 e. The second-order valence-corrected chi connectivity index (χ2v) is 8.22. The molecule has 5 rings (SSSR count). The number of halogens is 3. The Morgan fingerprint density at radius 3 is 2.51 bits per heavy atom. The third kappa shape index (κ3) is 3.78. The minimum Gasteiger partial charge on any atom is -0.337 e. The number of amides is 4. The van der Waals surface area contributed by atoms with E-state index in [-0.39, 0.29) is 40.4 Å². The predicted molar refractivity (Wildman–Crippen MR) is 117 cm³/mol. The summed E-state index contributed by atoms with van der Waals surface area (Å²) in [5.41, 5.74) is 0.226.